The Kier molecular flexibility index (Phi) is 12.4. The number of aliphatic imine (C=N–C) groups is 1. The molecule has 4 rings (SSSR count). The van der Waals surface area contributed by atoms with Crippen molar-refractivity contribution in [2.45, 2.75) is 85.2 Å². The number of nitrogens with two attached hydrogens (primary N) is 1. The molecule has 1 saturated heterocycles. The lowest BCUT2D eigenvalue weighted by Gasteiger charge is -2.27. The van der Waals surface area contributed by atoms with E-state index in [-0.39, 0.29) is 48.3 Å². The first-order valence-corrected chi connectivity index (χ1v) is 14.2. The summed E-state index contributed by atoms with van der Waals surface area (Å²) in [4.78, 5) is 46.8. The molecule has 3 aliphatic rings. The van der Waals surface area contributed by atoms with E-state index in [0.29, 0.717) is 12.2 Å². The molecule has 1 aromatic carbocycles. The maximum atomic E-state index is 13.4. The predicted octanol–water partition coefficient (Wildman–Crippen LogP) is 4.29. The van der Waals surface area contributed by atoms with Gasteiger partial charge in [0.1, 0.15) is 12.6 Å². The van der Waals surface area contributed by atoms with Gasteiger partial charge in [0.05, 0.1) is 23.1 Å². The number of hydrogen-bond acceptors (Lipinski definition) is 6. The van der Waals surface area contributed by atoms with Crippen LogP contribution in [0.3, 0.4) is 0 Å². The Balaban J connectivity index is 0.00000131. The quantitative estimate of drug-likeness (QED) is 0.419. The standard InChI is InChI=1S/C27H36N6O3.C4H10/c1-27(2,3)30-16-21(14-28)26(36)32-12-6-4-5-7-19-8-10-22(11-9-19)31-25(35)20-13-23(15-29)33(17-20)24(34)18-32;1-4(2)3/h8-11,14,16,20,23H,4-7,12-13,17-18,28H2,1-3H3,(H,31,35);4H,1-3H3/b21-14+,30-16?;. The summed E-state index contributed by atoms with van der Waals surface area (Å²) >= 11 is 0. The summed E-state index contributed by atoms with van der Waals surface area (Å²) in [5, 5.41) is 12.6. The van der Waals surface area contributed by atoms with Crippen molar-refractivity contribution in [1.29, 1.82) is 5.26 Å². The molecule has 218 valence electrons. The molecule has 9 nitrogen and oxygen atoms in total. The lowest BCUT2D eigenvalue weighted by molar-refractivity contribution is -0.138. The van der Waals surface area contributed by atoms with Crippen molar-refractivity contribution in [3.05, 3.63) is 41.6 Å². The third-order valence-corrected chi connectivity index (χ3v) is 6.39. The number of nitrogens with one attached hydrogen (secondary N) is 1. The largest absolute Gasteiger partial charge is 0.404 e. The first-order chi connectivity index (χ1) is 18.8. The van der Waals surface area contributed by atoms with Gasteiger partial charge in [0, 0.05) is 31.2 Å². The molecule has 0 aliphatic carbocycles. The number of aryl methyl sites for hydroxylation is 1. The first kappa shape index (κ1) is 32.5. The molecule has 0 aromatic heterocycles. The van der Waals surface area contributed by atoms with Crippen molar-refractivity contribution < 1.29 is 14.4 Å². The summed E-state index contributed by atoms with van der Waals surface area (Å²) in [6, 6.07) is 9.18. The zero-order chi connectivity index (χ0) is 29.9. The Morgan fingerprint density at radius 1 is 1.15 bits per heavy atom. The van der Waals surface area contributed by atoms with Gasteiger partial charge >= 0.3 is 0 Å². The minimum absolute atomic E-state index is 0.133. The smallest absolute Gasteiger partial charge is 0.257 e. The molecule has 2 atom stereocenters. The average Bonchev–Trinajstić information content (AvgIpc) is 3.32. The van der Waals surface area contributed by atoms with Crippen LogP contribution in [-0.4, -0.2) is 65.0 Å². The maximum Gasteiger partial charge on any atom is 0.257 e. The highest BCUT2D eigenvalue weighted by molar-refractivity contribution is 6.12. The van der Waals surface area contributed by atoms with Crippen molar-refractivity contribution in [2.24, 2.45) is 22.6 Å². The van der Waals surface area contributed by atoms with Gasteiger partial charge in [0.15, 0.2) is 0 Å². The zero-order valence-corrected chi connectivity index (χ0v) is 24.9. The fourth-order valence-electron chi connectivity index (χ4n) is 4.35. The highest BCUT2D eigenvalue weighted by Gasteiger charge is 2.39. The normalized spacial score (nSPS) is 21.1. The van der Waals surface area contributed by atoms with Crippen LogP contribution in [-0.2, 0) is 20.8 Å². The third-order valence-electron chi connectivity index (χ3n) is 6.39. The Bertz CT molecular complexity index is 1110. The second kappa shape index (κ2) is 15.2. The lowest BCUT2D eigenvalue weighted by Crippen LogP contribution is -2.45. The number of carbonyl (C=O) groups excluding carboxylic acids is 3. The highest BCUT2D eigenvalue weighted by atomic mass is 16.2. The Morgan fingerprint density at radius 3 is 2.38 bits per heavy atom. The molecule has 2 unspecified atom stereocenters. The second-order valence-electron chi connectivity index (χ2n) is 12.1. The van der Waals surface area contributed by atoms with Gasteiger partial charge in [-0.2, -0.15) is 5.26 Å². The van der Waals surface area contributed by atoms with Crippen LogP contribution in [0, 0.1) is 23.2 Å². The number of fused-ring (bicyclic) bond motifs is 10. The molecular formula is C31H46N6O3. The molecule has 1 aromatic rings. The predicted molar refractivity (Wildman–Crippen MR) is 159 cm³/mol. The van der Waals surface area contributed by atoms with Gasteiger partial charge in [-0.25, -0.2) is 0 Å². The number of rotatable bonds is 2. The average molecular weight is 551 g/mol. The zero-order valence-electron chi connectivity index (χ0n) is 24.9. The number of amides is 3. The van der Waals surface area contributed by atoms with Crippen LogP contribution in [0.5, 0.6) is 0 Å². The summed E-state index contributed by atoms with van der Waals surface area (Å²) in [5.41, 5.74) is 7.44. The number of carbonyl (C=O) groups is 3. The summed E-state index contributed by atoms with van der Waals surface area (Å²) in [5.74, 6) is -0.629. The first-order valence-electron chi connectivity index (χ1n) is 14.2. The van der Waals surface area contributed by atoms with Gasteiger partial charge in [-0.15, -0.1) is 0 Å². The van der Waals surface area contributed by atoms with Gasteiger partial charge in [-0.1, -0.05) is 39.3 Å². The van der Waals surface area contributed by atoms with Crippen LogP contribution in [0.25, 0.3) is 0 Å². The lowest BCUT2D eigenvalue weighted by atomic mass is 10.0. The molecule has 9 heteroatoms. The van der Waals surface area contributed by atoms with Crippen molar-refractivity contribution in [3.8, 4) is 6.07 Å². The molecular weight excluding hydrogens is 504 g/mol. The van der Waals surface area contributed by atoms with E-state index in [1.54, 1.807) is 0 Å². The molecule has 40 heavy (non-hydrogen) atoms. The molecule has 0 radical (unpaired) electrons. The Morgan fingerprint density at radius 2 is 1.80 bits per heavy atom. The second-order valence-corrected chi connectivity index (χ2v) is 12.1. The molecule has 4 bridgehead atoms. The molecule has 0 saturated carbocycles. The van der Waals surface area contributed by atoms with Gasteiger partial charge < -0.3 is 20.9 Å². The number of benzene rings is 1. The molecule has 3 N–H and O–H groups in total. The minimum Gasteiger partial charge on any atom is -0.404 e. The SMILES string of the molecule is CC(C)(C)N=C/C(=C\N)C(=O)N1CCCCCc2ccc(cc2)NC(=O)C2CC(C#N)N(C2)C(=O)C1.CC(C)C. The van der Waals surface area contributed by atoms with E-state index in [1.807, 2.05) is 45.0 Å². The summed E-state index contributed by atoms with van der Waals surface area (Å²) in [6.45, 7) is 12.6. The van der Waals surface area contributed by atoms with Gasteiger partial charge in [0.2, 0.25) is 11.8 Å². The van der Waals surface area contributed by atoms with Gasteiger partial charge in [-0.3, -0.25) is 19.4 Å². The van der Waals surface area contributed by atoms with E-state index in [4.69, 9.17) is 5.73 Å². The highest BCUT2D eigenvalue weighted by Crippen LogP contribution is 2.25. The summed E-state index contributed by atoms with van der Waals surface area (Å²) < 4.78 is 0. The van der Waals surface area contributed by atoms with E-state index in [0.717, 1.165) is 31.6 Å². The van der Waals surface area contributed by atoms with Crippen LogP contribution >= 0.6 is 0 Å². The van der Waals surface area contributed by atoms with Gasteiger partial charge in [-0.05, 0) is 70.1 Å². The number of nitrogens with zero attached hydrogens (tertiary/aromatic N) is 4. The number of hydrogen-bond donors (Lipinski definition) is 2. The van der Waals surface area contributed by atoms with E-state index in [2.05, 4.69) is 37.1 Å². The van der Waals surface area contributed by atoms with E-state index < -0.39 is 12.0 Å². The van der Waals surface area contributed by atoms with Crippen LogP contribution in [0.15, 0.2) is 41.0 Å². The fraction of sp³-hybridized carbons (Fsp3) is 0.581. The number of anilines is 1. The molecule has 3 aliphatic heterocycles. The van der Waals surface area contributed by atoms with Crippen molar-refractivity contribution >= 4 is 29.6 Å². The van der Waals surface area contributed by atoms with Gasteiger partial charge in [0.25, 0.3) is 5.91 Å². The maximum absolute atomic E-state index is 13.4. The van der Waals surface area contributed by atoms with Crippen LogP contribution in [0.4, 0.5) is 5.69 Å². The van der Waals surface area contributed by atoms with Crippen LogP contribution in [0.1, 0.15) is 72.8 Å². The topological polar surface area (TPSA) is 132 Å². The van der Waals surface area contributed by atoms with E-state index in [9.17, 15) is 19.6 Å². The molecule has 1 fully saturated rings. The molecule has 3 heterocycles. The van der Waals surface area contributed by atoms with Crippen LogP contribution < -0.4 is 11.1 Å². The van der Waals surface area contributed by atoms with E-state index in [1.165, 1.54) is 27.8 Å². The van der Waals surface area contributed by atoms with Crippen molar-refractivity contribution in [1.82, 2.24) is 9.80 Å². The van der Waals surface area contributed by atoms with E-state index >= 15 is 0 Å². The Hall–Kier alpha value is -3.67. The fourth-order valence-corrected chi connectivity index (χ4v) is 4.35. The summed E-state index contributed by atoms with van der Waals surface area (Å²) in [6.07, 6.45) is 6.32. The number of nitriles is 1. The third kappa shape index (κ3) is 10.5. The molecule has 0 spiro atoms. The Labute approximate surface area is 239 Å². The molecule has 3 amide bonds. The van der Waals surface area contributed by atoms with Crippen molar-refractivity contribution in [3.63, 3.8) is 0 Å². The van der Waals surface area contributed by atoms with Crippen LogP contribution in [0.2, 0.25) is 0 Å². The monoisotopic (exact) mass is 550 g/mol. The van der Waals surface area contributed by atoms with Crippen molar-refractivity contribution in [2.75, 3.05) is 25.0 Å². The summed E-state index contributed by atoms with van der Waals surface area (Å²) in [7, 11) is 0. The minimum atomic E-state index is -0.724.